The van der Waals surface area contributed by atoms with Gasteiger partial charge in [-0.15, -0.1) is 0 Å². The van der Waals surface area contributed by atoms with E-state index in [0.717, 1.165) is 42.8 Å². The first kappa shape index (κ1) is 17.6. The largest absolute Gasteiger partial charge is 0.475 e. The molecule has 3 aromatic rings. The van der Waals surface area contributed by atoms with E-state index in [-0.39, 0.29) is 5.88 Å². The van der Waals surface area contributed by atoms with Gasteiger partial charge in [0.1, 0.15) is 11.6 Å². The number of fused-ring (bicyclic) bond motifs is 1. The van der Waals surface area contributed by atoms with E-state index in [0.29, 0.717) is 24.0 Å². The maximum Gasteiger partial charge on any atom is 0.254 e. The van der Waals surface area contributed by atoms with Gasteiger partial charge in [0.05, 0.1) is 29.5 Å². The van der Waals surface area contributed by atoms with E-state index < -0.39 is 5.82 Å². The van der Waals surface area contributed by atoms with Crippen LogP contribution in [0, 0.1) is 25.6 Å². The van der Waals surface area contributed by atoms with E-state index in [1.54, 1.807) is 13.8 Å². The average molecular weight is 367 g/mol. The topological polar surface area (TPSA) is 64.0 Å². The lowest BCUT2D eigenvalue weighted by molar-refractivity contribution is 0.206. The van der Waals surface area contributed by atoms with Crippen LogP contribution in [-0.4, -0.2) is 39.6 Å². The van der Waals surface area contributed by atoms with Gasteiger partial charge in [0.25, 0.3) is 5.88 Å². The summed E-state index contributed by atoms with van der Waals surface area (Å²) in [5.41, 5.74) is 2.13. The van der Waals surface area contributed by atoms with E-state index in [9.17, 15) is 4.39 Å². The van der Waals surface area contributed by atoms with E-state index in [1.165, 1.54) is 0 Å². The molecule has 1 aliphatic heterocycles. The van der Waals surface area contributed by atoms with Gasteiger partial charge in [-0.05, 0) is 44.7 Å². The van der Waals surface area contributed by atoms with Gasteiger partial charge >= 0.3 is 0 Å². The molecule has 0 bridgehead atoms. The number of hydrogen-bond acceptors (Lipinski definition) is 6. The van der Waals surface area contributed by atoms with Gasteiger partial charge in [-0.3, -0.25) is 4.98 Å². The SMILES string of the molecule is Cc1nc(C)c(F)c(OCC2CCN(c3cnc4ccccc4n3)CC2)n1. The van der Waals surface area contributed by atoms with Crippen LogP contribution in [0.15, 0.2) is 30.5 Å². The quantitative estimate of drug-likeness (QED) is 0.704. The van der Waals surface area contributed by atoms with Crippen molar-refractivity contribution in [3.8, 4) is 5.88 Å². The Bertz CT molecular complexity index is 956. The highest BCUT2D eigenvalue weighted by Gasteiger charge is 2.22. The third-order valence-electron chi connectivity index (χ3n) is 4.93. The van der Waals surface area contributed by atoms with Gasteiger partial charge in [0.15, 0.2) is 0 Å². The molecule has 2 aromatic heterocycles. The third kappa shape index (κ3) is 3.82. The number of para-hydroxylation sites is 2. The summed E-state index contributed by atoms with van der Waals surface area (Å²) in [6.45, 7) is 5.59. The van der Waals surface area contributed by atoms with Crippen LogP contribution in [0.1, 0.15) is 24.4 Å². The molecule has 0 spiro atoms. The van der Waals surface area contributed by atoms with E-state index in [2.05, 4.69) is 19.9 Å². The van der Waals surface area contributed by atoms with E-state index >= 15 is 0 Å². The molecule has 1 aliphatic rings. The van der Waals surface area contributed by atoms with Crippen molar-refractivity contribution in [2.45, 2.75) is 26.7 Å². The molecule has 140 valence electrons. The van der Waals surface area contributed by atoms with Crippen LogP contribution in [0.5, 0.6) is 5.88 Å². The normalized spacial score (nSPS) is 15.3. The third-order valence-corrected chi connectivity index (χ3v) is 4.93. The molecular weight excluding hydrogens is 345 g/mol. The lowest BCUT2D eigenvalue weighted by atomic mass is 9.98. The van der Waals surface area contributed by atoms with Crippen molar-refractivity contribution in [1.82, 2.24) is 19.9 Å². The number of ether oxygens (including phenoxy) is 1. The highest BCUT2D eigenvalue weighted by Crippen LogP contribution is 2.24. The van der Waals surface area contributed by atoms with Crippen molar-refractivity contribution in [2.75, 3.05) is 24.6 Å². The number of halogens is 1. The van der Waals surface area contributed by atoms with Crippen LogP contribution in [0.25, 0.3) is 11.0 Å². The zero-order valence-electron chi connectivity index (χ0n) is 15.5. The number of nitrogens with zero attached hydrogens (tertiary/aromatic N) is 5. The van der Waals surface area contributed by atoms with Crippen molar-refractivity contribution in [2.24, 2.45) is 5.92 Å². The number of benzene rings is 1. The highest BCUT2D eigenvalue weighted by atomic mass is 19.1. The van der Waals surface area contributed by atoms with Crippen LogP contribution in [0.3, 0.4) is 0 Å². The minimum absolute atomic E-state index is 0.0582. The Labute approximate surface area is 157 Å². The molecule has 7 heteroatoms. The molecule has 27 heavy (non-hydrogen) atoms. The summed E-state index contributed by atoms with van der Waals surface area (Å²) in [5.74, 6) is 1.38. The van der Waals surface area contributed by atoms with Crippen LogP contribution >= 0.6 is 0 Å². The maximum absolute atomic E-state index is 14.1. The van der Waals surface area contributed by atoms with Crippen molar-refractivity contribution < 1.29 is 9.13 Å². The Morgan fingerprint density at radius 2 is 1.81 bits per heavy atom. The second kappa shape index (κ2) is 7.42. The van der Waals surface area contributed by atoms with Gasteiger partial charge in [0.2, 0.25) is 5.82 Å². The molecule has 0 saturated carbocycles. The number of rotatable bonds is 4. The summed E-state index contributed by atoms with van der Waals surface area (Å²) >= 11 is 0. The molecule has 0 N–H and O–H groups in total. The second-order valence-electron chi connectivity index (χ2n) is 6.93. The van der Waals surface area contributed by atoms with Gasteiger partial charge in [-0.2, -0.15) is 9.37 Å². The first-order valence-corrected chi connectivity index (χ1v) is 9.20. The van der Waals surface area contributed by atoms with Crippen LogP contribution in [-0.2, 0) is 0 Å². The number of piperidine rings is 1. The Morgan fingerprint density at radius 3 is 2.59 bits per heavy atom. The molecular formula is C20H22FN5O. The van der Waals surface area contributed by atoms with E-state index in [4.69, 9.17) is 9.72 Å². The molecule has 0 amide bonds. The summed E-state index contributed by atoms with van der Waals surface area (Å²) in [7, 11) is 0. The summed E-state index contributed by atoms with van der Waals surface area (Å²) < 4.78 is 19.7. The van der Waals surface area contributed by atoms with Gasteiger partial charge < -0.3 is 9.64 Å². The Balaban J connectivity index is 1.36. The molecule has 4 rings (SSSR count). The molecule has 0 aliphatic carbocycles. The average Bonchev–Trinajstić information content (AvgIpc) is 2.69. The van der Waals surface area contributed by atoms with Crippen molar-refractivity contribution in [1.29, 1.82) is 0 Å². The molecule has 6 nitrogen and oxygen atoms in total. The zero-order valence-corrected chi connectivity index (χ0v) is 15.5. The van der Waals surface area contributed by atoms with Crippen LogP contribution in [0.2, 0.25) is 0 Å². The number of aryl methyl sites for hydroxylation is 2. The fourth-order valence-electron chi connectivity index (χ4n) is 3.39. The number of aromatic nitrogens is 4. The van der Waals surface area contributed by atoms with Crippen LogP contribution in [0.4, 0.5) is 10.2 Å². The lowest BCUT2D eigenvalue weighted by Crippen LogP contribution is -2.36. The van der Waals surface area contributed by atoms with Gasteiger partial charge in [0, 0.05) is 13.1 Å². The summed E-state index contributed by atoms with van der Waals surface area (Å²) in [4.78, 5) is 19.5. The fourth-order valence-corrected chi connectivity index (χ4v) is 3.39. The Morgan fingerprint density at radius 1 is 1.07 bits per heavy atom. The van der Waals surface area contributed by atoms with Crippen molar-refractivity contribution in [3.05, 3.63) is 47.8 Å². The number of anilines is 1. The molecule has 1 saturated heterocycles. The molecule has 1 aromatic carbocycles. The zero-order chi connectivity index (χ0) is 18.8. The minimum atomic E-state index is -0.468. The second-order valence-corrected chi connectivity index (χ2v) is 6.93. The number of hydrogen-bond donors (Lipinski definition) is 0. The summed E-state index contributed by atoms with van der Waals surface area (Å²) in [6.07, 6.45) is 3.75. The summed E-state index contributed by atoms with van der Waals surface area (Å²) in [5, 5.41) is 0. The lowest BCUT2D eigenvalue weighted by Gasteiger charge is -2.32. The van der Waals surface area contributed by atoms with E-state index in [1.807, 2.05) is 30.5 Å². The molecule has 0 radical (unpaired) electrons. The molecule has 1 fully saturated rings. The predicted molar refractivity (Wildman–Crippen MR) is 101 cm³/mol. The molecule has 0 unspecified atom stereocenters. The highest BCUT2D eigenvalue weighted by molar-refractivity contribution is 5.75. The van der Waals surface area contributed by atoms with Crippen molar-refractivity contribution in [3.63, 3.8) is 0 Å². The first-order chi connectivity index (χ1) is 13.1. The standard InChI is InChI=1S/C20H22FN5O/c1-13-19(21)20(24-14(2)23-13)27-12-15-7-9-26(10-8-15)18-11-22-16-5-3-4-6-17(16)25-18/h3-6,11,15H,7-10,12H2,1-2H3. The summed E-state index contributed by atoms with van der Waals surface area (Å²) in [6, 6.07) is 7.88. The van der Waals surface area contributed by atoms with Crippen molar-refractivity contribution >= 4 is 16.9 Å². The van der Waals surface area contributed by atoms with Gasteiger partial charge in [-0.25, -0.2) is 9.97 Å². The minimum Gasteiger partial charge on any atom is -0.475 e. The van der Waals surface area contributed by atoms with Gasteiger partial charge in [-0.1, -0.05) is 12.1 Å². The van der Waals surface area contributed by atoms with Crippen LogP contribution < -0.4 is 9.64 Å². The molecule has 0 atom stereocenters. The monoisotopic (exact) mass is 367 g/mol. The predicted octanol–water partition coefficient (Wildman–Crippen LogP) is 3.47. The Kier molecular flexibility index (Phi) is 4.83. The Hall–Kier alpha value is -2.83. The molecule has 3 heterocycles. The maximum atomic E-state index is 14.1. The first-order valence-electron chi connectivity index (χ1n) is 9.20. The fraction of sp³-hybridized carbons (Fsp3) is 0.400. The smallest absolute Gasteiger partial charge is 0.254 e.